The van der Waals surface area contributed by atoms with Gasteiger partial charge in [0, 0.05) is 0 Å². The van der Waals surface area contributed by atoms with Gasteiger partial charge >= 0.3 is 0 Å². The molecular formula is C32H34O7S2. The van der Waals surface area contributed by atoms with Crippen molar-refractivity contribution in [1.29, 1.82) is 0 Å². The van der Waals surface area contributed by atoms with E-state index in [1.165, 1.54) is 12.1 Å². The van der Waals surface area contributed by atoms with Crippen LogP contribution in [0.5, 0.6) is 5.75 Å². The second-order valence-electron chi connectivity index (χ2n) is 10.3. The van der Waals surface area contributed by atoms with E-state index in [1.54, 1.807) is 24.3 Å². The molecule has 4 aromatic carbocycles. The molecule has 0 aromatic heterocycles. The second-order valence-corrected chi connectivity index (χ2v) is 13.0. The smallest absolute Gasteiger partial charge is 0.294 e. The first-order valence-corrected chi connectivity index (χ1v) is 16.2. The van der Waals surface area contributed by atoms with Crippen LogP contribution in [0.15, 0.2) is 101 Å². The summed E-state index contributed by atoms with van der Waals surface area (Å²) in [4.78, 5) is -0.245. The van der Waals surface area contributed by atoms with Crippen molar-refractivity contribution >= 4 is 20.2 Å². The van der Waals surface area contributed by atoms with Crippen molar-refractivity contribution in [2.24, 2.45) is 0 Å². The molecule has 0 radical (unpaired) electrons. The fourth-order valence-corrected chi connectivity index (χ4v) is 6.57. The molecule has 0 saturated carbocycles. The Morgan fingerprint density at radius 3 is 1.66 bits per heavy atom. The van der Waals surface area contributed by atoms with Crippen LogP contribution < -0.4 is 4.74 Å². The molecule has 0 aliphatic rings. The van der Waals surface area contributed by atoms with Gasteiger partial charge in [0.1, 0.15) is 12.4 Å². The van der Waals surface area contributed by atoms with Crippen LogP contribution in [-0.2, 0) is 39.7 Å². The van der Waals surface area contributed by atoms with E-state index in [0.29, 0.717) is 49.2 Å². The van der Waals surface area contributed by atoms with Crippen LogP contribution in [0.4, 0.5) is 0 Å². The Bertz CT molecular complexity index is 1630. The van der Waals surface area contributed by atoms with Gasteiger partial charge in [0.05, 0.1) is 9.79 Å². The molecule has 0 heterocycles. The van der Waals surface area contributed by atoms with Crippen LogP contribution in [0.25, 0.3) is 0 Å². The lowest BCUT2D eigenvalue weighted by Crippen LogP contribution is -2.10. The number of hydrogen-bond donors (Lipinski definition) is 2. The van der Waals surface area contributed by atoms with Gasteiger partial charge in [-0.1, -0.05) is 83.9 Å². The van der Waals surface area contributed by atoms with E-state index in [0.717, 1.165) is 22.3 Å². The number of para-hydroxylation sites is 1. The first kappa shape index (κ1) is 30.5. The van der Waals surface area contributed by atoms with Gasteiger partial charge < -0.3 is 4.74 Å². The van der Waals surface area contributed by atoms with Crippen molar-refractivity contribution in [2.75, 3.05) is 0 Å². The predicted molar refractivity (Wildman–Crippen MR) is 159 cm³/mol. The molecule has 4 aromatic rings. The normalized spacial score (nSPS) is 12.0. The first-order valence-electron chi connectivity index (χ1n) is 13.3. The number of hydrogen-bond acceptors (Lipinski definition) is 5. The molecule has 0 unspecified atom stereocenters. The summed E-state index contributed by atoms with van der Waals surface area (Å²) in [6.45, 7) is 4.08. The van der Waals surface area contributed by atoms with E-state index in [1.807, 2.05) is 68.4 Å². The van der Waals surface area contributed by atoms with Gasteiger partial charge in [-0.15, -0.1) is 0 Å². The third kappa shape index (κ3) is 8.27. The van der Waals surface area contributed by atoms with E-state index in [4.69, 9.17) is 4.74 Å². The predicted octanol–water partition coefficient (Wildman–Crippen LogP) is 6.73. The molecule has 0 spiro atoms. The molecule has 0 amide bonds. The average Bonchev–Trinajstić information content (AvgIpc) is 2.91. The third-order valence-electron chi connectivity index (χ3n) is 7.11. The maximum Gasteiger partial charge on any atom is 0.294 e. The van der Waals surface area contributed by atoms with E-state index < -0.39 is 20.2 Å². The van der Waals surface area contributed by atoms with E-state index in [9.17, 15) is 25.9 Å². The molecular weight excluding hydrogens is 560 g/mol. The maximum absolute atomic E-state index is 12.1. The molecule has 0 fully saturated rings. The van der Waals surface area contributed by atoms with Crippen molar-refractivity contribution in [1.82, 2.24) is 0 Å². The van der Waals surface area contributed by atoms with Crippen molar-refractivity contribution in [3.63, 3.8) is 0 Å². The van der Waals surface area contributed by atoms with Crippen molar-refractivity contribution in [2.45, 2.75) is 61.8 Å². The Hall–Kier alpha value is -3.50. The highest BCUT2D eigenvalue weighted by atomic mass is 32.2. The Morgan fingerprint density at radius 1 is 0.659 bits per heavy atom. The molecule has 0 bridgehead atoms. The first-order chi connectivity index (χ1) is 19.4. The summed E-state index contributed by atoms with van der Waals surface area (Å²) in [5, 5.41) is 0. The molecule has 0 aliphatic heterocycles. The lowest BCUT2D eigenvalue weighted by molar-refractivity contribution is 0.299. The second kappa shape index (κ2) is 13.0. The van der Waals surface area contributed by atoms with Gasteiger partial charge in [-0.2, -0.15) is 16.8 Å². The van der Waals surface area contributed by atoms with Crippen molar-refractivity contribution in [3.05, 3.63) is 124 Å². The Balaban J connectivity index is 1.68. The highest BCUT2D eigenvalue weighted by Gasteiger charge is 2.22. The monoisotopic (exact) mass is 594 g/mol. The number of rotatable bonds is 12. The van der Waals surface area contributed by atoms with Crippen LogP contribution >= 0.6 is 0 Å². The molecule has 9 heteroatoms. The minimum Gasteiger partial charge on any atom is -0.489 e. The zero-order valence-corrected chi connectivity index (χ0v) is 24.7. The summed E-state index contributed by atoms with van der Waals surface area (Å²) in [6, 6.07) is 27.0. The lowest BCUT2D eigenvalue weighted by atomic mass is 9.86. The number of ether oxygens (including phenoxy) is 1. The van der Waals surface area contributed by atoms with Crippen LogP contribution in [0.3, 0.4) is 0 Å². The van der Waals surface area contributed by atoms with Crippen LogP contribution in [-0.4, -0.2) is 25.9 Å². The van der Waals surface area contributed by atoms with E-state index >= 15 is 0 Å². The van der Waals surface area contributed by atoms with Crippen LogP contribution in [0, 0.1) is 13.8 Å². The summed E-state index contributed by atoms with van der Waals surface area (Å²) in [6.07, 6.45) is 1.72. The summed E-state index contributed by atoms with van der Waals surface area (Å²) < 4.78 is 74.2. The van der Waals surface area contributed by atoms with Crippen LogP contribution in [0.2, 0.25) is 0 Å². The average molecular weight is 595 g/mol. The van der Waals surface area contributed by atoms with Crippen molar-refractivity contribution < 1.29 is 30.7 Å². The Labute approximate surface area is 242 Å². The zero-order chi connectivity index (χ0) is 29.6. The number of benzene rings is 4. The Morgan fingerprint density at radius 2 is 1.15 bits per heavy atom. The topological polar surface area (TPSA) is 118 Å². The summed E-state index contributed by atoms with van der Waals surface area (Å²) >= 11 is 0. The standard InChI is InChI=1S/C32H34O7S2/c1-23-12-18-31(40(33,34)35)27(20-23)16-14-26(15-17-28-21-24(2)13-19-32(28)41(36,37)38)29-10-6-7-11-30(29)39-22-25-8-4-3-5-9-25/h3-13,18-21,26H,14-17,22H2,1-2H3,(H,33,34,35)(H,36,37,38). The fraction of sp³-hybridized carbons (Fsp3) is 0.250. The molecule has 0 saturated heterocycles. The molecule has 0 atom stereocenters. The summed E-state index contributed by atoms with van der Waals surface area (Å²) in [5.74, 6) is 0.520. The highest BCUT2D eigenvalue weighted by Crippen LogP contribution is 2.35. The molecule has 2 N–H and O–H groups in total. The fourth-order valence-electron chi connectivity index (χ4n) is 5.11. The third-order valence-corrected chi connectivity index (χ3v) is 9.02. The lowest BCUT2D eigenvalue weighted by Gasteiger charge is -2.22. The highest BCUT2D eigenvalue weighted by molar-refractivity contribution is 7.86. The van der Waals surface area contributed by atoms with Gasteiger partial charge in [-0.05, 0) is 85.9 Å². The van der Waals surface area contributed by atoms with Gasteiger partial charge in [0.25, 0.3) is 20.2 Å². The van der Waals surface area contributed by atoms with Gasteiger partial charge in [-0.3, -0.25) is 9.11 Å². The number of aryl methyl sites for hydroxylation is 4. The molecule has 41 heavy (non-hydrogen) atoms. The molecule has 4 rings (SSSR count). The van der Waals surface area contributed by atoms with Crippen molar-refractivity contribution in [3.8, 4) is 5.75 Å². The van der Waals surface area contributed by atoms with Crippen LogP contribution in [0.1, 0.15) is 52.1 Å². The maximum atomic E-state index is 12.1. The van der Waals surface area contributed by atoms with Gasteiger partial charge in [-0.25, -0.2) is 0 Å². The molecule has 7 nitrogen and oxygen atoms in total. The molecule has 216 valence electrons. The largest absolute Gasteiger partial charge is 0.489 e. The Kier molecular flexibility index (Phi) is 9.65. The molecule has 0 aliphatic carbocycles. The minimum absolute atomic E-state index is 0.122. The SMILES string of the molecule is Cc1ccc(S(=O)(=O)O)c(CCC(CCc2cc(C)ccc2S(=O)(=O)O)c2ccccc2OCc2ccccc2)c1. The minimum atomic E-state index is -4.41. The van der Waals surface area contributed by atoms with Gasteiger partial charge in [0.2, 0.25) is 0 Å². The van der Waals surface area contributed by atoms with Gasteiger partial charge in [0.15, 0.2) is 0 Å². The summed E-state index contributed by atoms with van der Waals surface area (Å²) in [5.41, 5.74) is 4.67. The van der Waals surface area contributed by atoms with E-state index in [-0.39, 0.29) is 15.7 Å². The zero-order valence-electron chi connectivity index (χ0n) is 23.0. The summed E-state index contributed by atoms with van der Waals surface area (Å²) in [7, 11) is -8.82. The quantitative estimate of drug-likeness (QED) is 0.175. The van der Waals surface area contributed by atoms with E-state index in [2.05, 4.69) is 0 Å².